The van der Waals surface area contributed by atoms with Crippen molar-refractivity contribution in [1.82, 2.24) is 10.2 Å². The summed E-state index contributed by atoms with van der Waals surface area (Å²) in [4.78, 5) is 12.0. The van der Waals surface area contributed by atoms with E-state index in [9.17, 15) is 4.79 Å². The van der Waals surface area contributed by atoms with Crippen molar-refractivity contribution < 1.29 is 4.79 Å². The maximum absolute atomic E-state index is 12.0. The molecule has 3 aromatic rings. The van der Waals surface area contributed by atoms with Gasteiger partial charge in [-0.1, -0.05) is 68.5 Å². The van der Waals surface area contributed by atoms with Gasteiger partial charge < -0.3 is 11.1 Å². The molecule has 1 aliphatic rings. The monoisotopic (exact) mass is 386 g/mol. The minimum absolute atomic E-state index is 0.384. The largest absolute Gasteiger partial charge is 0.366 e. The Bertz CT molecular complexity index is 964. The summed E-state index contributed by atoms with van der Waals surface area (Å²) >= 11 is 0. The highest BCUT2D eigenvalue weighted by atomic mass is 16.1. The zero-order chi connectivity index (χ0) is 20.1. The second-order valence-corrected chi connectivity index (χ2v) is 7.70. The van der Waals surface area contributed by atoms with Crippen LogP contribution in [-0.4, -0.2) is 16.1 Å². The number of nitrogens with two attached hydrogens (primary N) is 1. The summed E-state index contributed by atoms with van der Waals surface area (Å²) < 4.78 is 0. The fraction of sp³-hybridized carbons (Fsp3) is 0.292. The average molecular weight is 386 g/mol. The minimum Gasteiger partial charge on any atom is -0.366 e. The van der Waals surface area contributed by atoms with Gasteiger partial charge in [-0.2, -0.15) is 0 Å². The molecule has 1 heterocycles. The third kappa shape index (κ3) is 4.62. The second kappa shape index (κ2) is 8.86. The molecule has 0 unspecified atom stereocenters. The molecule has 3 N–H and O–H groups in total. The lowest BCUT2D eigenvalue weighted by atomic mass is 9.83. The molecule has 5 nitrogen and oxygen atoms in total. The first-order valence-electron chi connectivity index (χ1n) is 10.3. The summed E-state index contributed by atoms with van der Waals surface area (Å²) in [6, 6.07) is 19.5. The second-order valence-electron chi connectivity index (χ2n) is 7.70. The minimum atomic E-state index is -0.384. The molecule has 0 bridgehead atoms. The molecule has 148 valence electrons. The van der Waals surface area contributed by atoms with Gasteiger partial charge in [0.25, 0.3) is 0 Å². The molecule has 0 radical (unpaired) electrons. The van der Waals surface area contributed by atoms with Crippen molar-refractivity contribution in [2.24, 2.45) is 11.7 Å². The van der Waals surface area contributed by atoms with E-state index in [4.69, 9.17) is 5.73 Å². The number of benzene rings is 2. The van der Waals surface area contributed by atoms with Gasteiger partial charge in [0, 0.05) is 16.8 Å². The Morgan fingerprint density at radius 2 is 1.72 bits per heavy atom. The van der Waals surface area contributed by atoms with Gasteiger partial charge in [0.2, 0.25) is 5.91 Å². The van der Waals surface area contributed by atoms with Crippen molar-refractivity contribution >= 4 is 17.4 Å². The van der Waals surface area contributed by atoms with Gasteiger partial charge in [0.15, 0.2) is 5.82 Å². The fourth-order valence-electron chi connectivity index (χ4n) is 4.13. The van der Waals surface area contributed by atoms with E-state index in [1.165, 1.54) is 32.1 Å². The first kappa shape index (κ1) is 19.1. The summed E-state index contributed by atoms with van der Waals surface area (Å²) in [6.45, 7) is 0. The molecule has 0 saturated heterocycles. The number of nitrogens with one attached hydrogen (secondary N) is 1. The third-order valence-electron chi connectivity index (χ3n) is 5.66. The lowest BCUT2D eigenvalue weighted by Crippen LogP contribution is -2.18. The van der Waals surface area contributed by atoms with Gasteiger partial charge in [-0.25, -0.2) is 0 Å². The number of hydrogen-bond donors (Lipinski definition) is 2. The van der Waals surface area contributed by atoms with Crippen LogP contribution in [0.1, 0.15) is 48.0 Å². The summed E-state index contributed by atoms with van der Waals surface area (Å²) in [5, 5.41) is 12.0. The lowest BCUT2D eigenvalue weighted by Gasteiger charge is -2.24. The molecule has 1 amide bonds. The number of hydrogen-bond acceptors (Lipinski definition) is 4. The zero-order valence-electron chi connectivity index (χ0n) is 16.5. The van der Waals surface area contributed by atoms with Gasteiger partial charge >= 0.3 is 0 Å². The Morgan fingerprint density at radius 1 is 0.931 bits per heavy atom. The van der Waals surface area contributed by atoms with Crippen molar-refractivity contribution in [3.8, 4) is 11.3 Å². The summed E-state index contributed by atoms with van der Waals surface area (Å²) in [5.41, 5.74) is 9.99. The van der Waals surface area contributed by atoms with Crippen molar-refractivity contribution in [1.29, 1.82) is 0 Å². The molecule has 1 aromatic heterocycles. The Labute approximate surface area is 171 Å². The maximum atomic E-state index is 12.0. The van der Waals surface area contributed by atoms with Crippen molar-refractivity contribution in [2.75, 3.05) is 5.32 Å². The standard InChI is InChI=1S/C24H26N4O/c25-24(29)19-12-7-13-22(20(19)16-17-8-3-1-4-9-17)26-23-15-14-21(27-28-23)18-10-5-2-6-11-18/h2,5-7,10-15,17H,1,3-4,8-9,16H2,(H2,25,29)(H,26,28). The number of nitrogens with zero attached hydrogens (tertiary/aromatic N) is 2. The molecular formula is C24H26N4O. The van der Waals surface area contributed by atoms with Crippen LogP contribution in [0.15, 0.2) is 60.7 Å². The van der Waals surface area contributed by atoms with Crippen molar-refractivity contribution in [2.45, 2.75) is 38.5 Å². The van der Waals surface area contributed by atoms with Crippen LogP contribution in [-0.2, 0) is 6.42 Å². The van der Waals surface area contributed by atoms with Gasteiger partial charge in [0.1, 0.15) is 0 Å². The molecule has 29 heavy (non-hydrogen) atoms. The highest BCUT2D eigenvalue weighted by Crippen LogP contribution is 2.32. The zero-order valence-corrected chi connectivity index (χ0v) is 16.5. The van der Waals surface area contributed by atoms with Crippen LogP contribution in [0.3, 0.4) is 0 Å². The van der Waals surface area contributed by atoms with Crippen LogP contribution in [0, 0.1) is 5.92 Å². The average Bonchev–Trinajstić information content (AvgIpc) is 2.76. The number of anilines is 2. The van der Waals surface area contributed by atoms with Gasteiger partial charge in [0.05, 0.1) is 5.69 Å². The van der Waals surface area contributed by atoms with E-state index in [1.807, 2.05) is 60.7 Å². The molecule has 4 rings (SSSR count). The van der Waals surface area contributed by atoms with Crippen molar-refractivity contribution in [3.05, 3.63) is 71.8 Å². The van der Waals surface area contributed by atoms with E-state index in [-0.39, 0.29) is 5.91 Å². The number of amides is 1. The molecule has 1 aliphatic carbocycles. The highest BCUT2D eigenvalue weighted by molar-refractivity contribution is 5.96. The number of carbonyl (C=O) groups is 1. The lowest BCUT2D eigenvalue weighted by molar-refractivity contribution is 0.0999. The van der Waals surface area contributed by atoms with Crippen LogP contribution in [0.5, 0.6) is 0 Å². The van der Waals surface area contributed by atoms with E-state index in [1.54, 1.807) is 0 Å². The first-order valence-corrected chi connectivity index (χ1v) is 10.3. The maximum Gasteiger partial charge on any atom is 0.249 e. The predicted molar refractivity (Wildman–Crippen MR) is 116 cm³/mol. The number of rotatable bonds is 6. The summed E-state index contributed by atoms with van der Waals surface area (Å²) in [5.74, 6) is 0.859. The Kier molecular flexibility index (Phi) is 5.84. The third-order valence-corrected chi connectivity index (χ3v) is 5.66. The van der Waals surface area contributed by atoms with Gasteiger partial charge in [-0.3, -0.25) is 4.79 Å². The van der Waals surface area contributed by atoms with Crippen LogP contribution < -0.4 is 11.1 Å². The van der Waals surface area contributed by atoms with Crippen molar-refractivity contribution in [3.63, 3.8) is 0 Å². The Balaban J connectivity index is 1.59. The van der Waals surface area contributed by atoms with E-state index in [0.717, 1.165) is 28.9 Å². The molecule has 2 aromatic carbocycles. The normalized spacial score (nSPS) is 14.5. The number of carbonyl (C=O) groups excluding carboxylic acids is 1. The molecule has 0 aliphatic heterocycles. The molecule has 1 saturated carbocycles. The first-order chi connectivity index (χ1) is 14.2. The summed E-state index contributed by atoms with van der Waals surface area (Å²) in [6.07, 6.45) is 7.10. The van der Waals surface area contributed by atoms with E-state index >= 15 is 0 Å². The topological polar surface area (TPSA) is 80.9 Å². The number of aromatic nitrogens is 2. The van der Waals surface area contributed by atoms with E-state index < -0.39 is 0 Å². The molecule has 1 fully saturated rings. The highest BCUT2D eigenvalue weighted by Gasteiger charge is 2.20. The Morgan fingerprint density at radius 3 is 2.41 bits per heavy atom. The molecule has 0 atom stereocenters. The fourth-order valence-corrected chi connectivity index (χ4v) is 4.13. The van der Waals surface area contributed by atoms with E-state index in [2.05, 4.69) is 15.5 Å². The molecule has 0 spiro atoms. The van der Waals surface area contributed by atoms with Crippen LogP contribution in [0.2, 0.25) is 0 Å². The molecular weight excluding hydrogens is 360 g/mol. The molecule has 5 heteroatoms. The smallest absolute Gasteiger partial charge is 0.249 e. The Hall–Kier alpha value is -3.21. The van der Waals surface area contributed by atoms with Gasteiger partial charge in [-0.05, 0) is 42.2 Å². The SMILES string of the molecule is NC(=O)c1cccc(Nc2ccc(-c3ccccc3)nn2)c1CC1CCCCC1. The van der Waals surface area contributed by atoms with E-state index in [0.29, 0.717) is 17.3 Å². The number of primary amides is 1. The van der Waals surface area contributed by atoms with Crippen LogP contribution in [0.25, 0.3) is 11.3 Å². The van der Waals surface area contributed by atoms with Crippen LogP contribution in [0.4, 0.5) is 11.5 Å². The van der Waals surface area contributed by atoms with Crippen LogP contribution >= 0.6 is 0 Å². The quantitative estimate of drug-likeness (QED) is 0.617. The van der Waals surface area contributed by atoms with Gasteiger partial charge in [-0.15, -0.1) is 10.2 Å². The predicted octanol–water partition coefficient (Wildman–Crippen LogP) is 5.11. The summed E-state index contributed by atoms with van der Waals surface area (Å²) in [7, 11) is 0.